The molecule has 0 saturated carbocycles. The quantitative estimate of drug-likeness (QED) is 0.737. The lowest BCUT2D eigenvalue weighted by Crippen LogP contribution is -2.48. The number of hydrazine groups is 1. The van der Waals surface area contributed by atoms with Crippen LogP contribution in [0.4, 0.5) is 9.59 Å². The largest absolute Gasteiger partial charge is 0.443 e. The molecule has 1 aromatic rings. The summed E-state index contributed by atoms with van der Waals surface area (Å²) in [5.74, 6) is 0. The molecule has 1 aromatic carbocycles. The summed E-state index contributed by atoms with van der Waals surface area (Å²) in [7, 11) is 0. The maximum absolute atomic E-state index is 11.4. The third-order valence-electron chi connectivity index (χ3n) is 2.16. The number of rotatable bonds is 3. The Morgan fingerprint density at radius 2 is 1.85 bits per heavy atom. The second kappa shape index (κ2) is 7.37. The van der Waals surface area contributed by atoms with E-state index in [1.54, 1.807) is 20.8 Å². The summed E-state index contributed by atoms with van der Waals surface area (Å²) in [5, 5.41) is 2.62. The van der Waals surface area contributed by atoms with Crippen molar-refractivity contribution in [2.45, 2.75) is 32.8 Å². The molecule has 0 spiro atoms. The Balaban J connectivity index is 2.16. The van der Waals surface area contributed by atoms with Crippen molar-refractivity contribution in [3.63, 3.8) is 0 Å². The van der Waals surface area contributed by atoms with Crippen LogP contribution in [0.3, 0.4) is 0 Å². The van der Waals surface area contributed by atoms with Crippen molar-refractivity contribution in [1.29, 1.82) is 0 Å². The first-order valence-electron chi connectivity index (χ1n) is 6.34. The number of hydrogen-bond acceptors (Lipinski definition) is 3. The summed E-state index contributed by atoms with van der Waals surface area (Å²) in [5.41, 5.74) is 4.87. The van der Waals surface area contributed by atoms with E-state index in [1.807, 2.05) is 24.3 Å². The number of carbonyl (C=O) groups is 2. The lowest BCUT2D eigenvalue weighted by molar-refractivity contribution is 0.0505. The van der Waals surface area contributed by atoms with Gasteiger partial charge in [-0.05, 0) is 38.8 Å². The molecule has 6 heteroatoms. The molecule has 0 aliphatic carbocycles. The Morgan fingerprint density at radius 1 is 1.20 bits per heavy atom. The summed E-state index contributed by atoms with van der Waals surface area (Å²) >= 11 is 0. The second-order valence-electron chi connectivity index (χ2n) is 5.17. The molecule has 0 aliphatic rings. The van der Waals surface area contributed by atoms with Crippen LogP contribution < -0.4 is 16.2 Å². The highest BCUT2D eigenvalue weighted by Gasteiger charge is 2.16. The van der Waals surface area contributed by atoms with Gasteiger partial charge in [0.1, 0.15) is 5.60 Å². The summed E-state index contributed by atoms with van der Waals surface area (Å²) < 4.78 is 4.97. The third-order valence-corrected chi connectivity index (χ3v) is 2.16. The minimum atomic E-state index is -0.703. The number of benzene rings is 1. The Kier molecular flexibility index (Phi) is 5.83. The Bertz CT molecular complexity index is 441. The molecule has 0 bridgehead atoms. The summed E-state index contributed by atoms with van der Waals surface area (Å²) in [6.07, 6.45) is 0.000365. The van der Waals surface area contributed by atoms with E-state index in [2.05, 4.69) is 22.2 Å². The first kappa shape index (κ1) is 15.8. The topological polar surface area (TPSA) is 79.5 Å². The normalized spacial score (nSPS) is 10.6. The first-order valence-corrected chi connectivity index (χ1v) is 6.34. The van der Waals surface area contributed by atoms with Gasteiger partial charge < -0.3 is 10.1 Å². The number of amides is 3. The summed E-state index contributed by atoms with van der Waals surface area (Å²) in [6, 6.07) is 9.93. The van der Waals surface area contributed by atoms with Gasteiger partial charge in [-0.15, -0.1) is 0 Å². The minimum absolute atomic E-state index is 0.464. The minimum Gasteiger partial charge on any atom is -0.443 e. The standard InChI is InChI=1S/C14H20N3O3/c1-14(2,3)20-13(19)17-16-12(18)15-10-9-11-7-5-4-6-8-11/h5-8H,9-10H2,1-3H3,(H,17,19)(H2,15,16,18). The Hall–Kier alpha value is -2.24. The average Bonchev–Trinajstić information content (AvgIpc) is 2.36. The molecule has 1 rings (SSSR count). The molecule has 109 valence electrons. The van der Waals surface area contributed by atoms with Crippen molar-refractivity contribution in [2.75, 3.05) is 6.54 Å². The highest BCUT2D eigenvalue weighted by Crippen LogP contribution is 2.05. The molecule has 0 unspecified atom stereocenters. The van der Waals surface area contributed by atoms with E-state index in [4.69, 9.17) is 4.74 Å². The predicted molar refractivity (Wildman–Crippen MR) is 74.9 cm³/mol. The monoisotopic (exact) mass is 278 g/mol. The zero-order valence-corrected chi connectivity index (χ0v) is 11.9. The van der Waals surface area contributed by atoms with Gasteiger partial charge in [0.2, 0.25) is 0 Å². The van der Waals surface area contributed by atoms with Crippen molar-refractivity contribution >= 4 is 12.1 Å². The van der Waals surface area contributed by atoms with E-state index >= 15 is 0 Å². The van der Waals surface area contributed by atoms with Crippen LogP contribution in [0.15, 0.2) is 24.3 Å². The smallest absolute Gasteiger partial charge is 0.426 e. The van der Waals surface area contributed by atoms with Crippen LogP contribution in [-0.2, 0) is 11.2 Å². The molecule has 3 N–H and O–H groups in total. The lowest BCUT2D eigenvalue weighted by Gasteiger charge is -2.19. The van der Waals surface area contributed by atoms with Gasteiger partial charge in [-0.1, -0.05) is 24.3 Å². The third kappa shape index (κ3) is 7.25. The van der Waals surface area contributed by atoms with E-state index in [-0.39, 0.29) is 0 Å². The fraction of sp³-hybridized carbons (Fsp3) is 0.429. The SMILES string of the molecule is CC(C)(C)OC(=O)NNC(=O)NCCc1cc[c]cc1. The molecule has 0 aliphatic heterocycles. The summed E-state index contributed by atoms with van der Waals surface area (Å²) in [6.45, 7) is 5.68. The second-order valence-corrected chi connectivity index (χ2v) is 5.17. The number of urea groups is 1. The van der Waals surface area contributed by atoms with Gasteiger partial charge in [-0.3, -0.25) is 0 Å². The number of ether oxygens (including phenoxy) is 1. The van der Waals surface area contributed by atoms with E-state index in [9.17, 15) is 9.59 Å². The van der Waals surface area contributed by atoms with Gasteiger partial charge in [-0.2, -0.15) is 0 Å². The van der Waals surface area contributed by atoms with Gasteiger partial charge in [0.15, 0.2) is 0 Å². The fourth-order valence-electron chi connectivity index (χ4n) is 1.36. The van der Waals surface area contributed by atoms with Gasteiger partial charge in [0.05, 0.1) is 0 Å². The molecule has 3 amide bonds. The highest BCUT2D eigenvalue weighted by atomic mass is 16.6. The molecular weight excluding hydrogens is 258 g/mol. The number of nitrogens with one attached hydrogen (secondary N) is 3. The van der Waals surface area contributed by atoms with Gasteiger partial charge >= 0.3 is 12.1 Å². The molecule has 1 radical (unpaired) electrons. The van der Waals surface area contributed by atoms with Crippen LogP contribution in [0.1, 0.15) is 26.3 Å². The van der Waals surface area contributed by atoms with E-state index < -0.39 is 17.7 Å². The lowest BCUT2D eigenvalue weighted by atomic mass is 10.1. The molecule has 0 fully saturated rings. The molecule has 20 heavy (non-hydrogen) atoms. The molecule has 6 nitrogen and oxygen atoms in total. The van der Waals surface area contributed by atoms with E-state index in [1.165, 1.54) is 0 Å². The van der Waals surface area contributed by atoms with Crippen molar-refractivity contribution < 1.29 is 14.3 Å². The molecule has 0 saturated heterocycles. The average molecular weight is 278 g/mol. The van der Waals surface area contributed by atoms with Crippen LogP contribution in [0.25, 0.3) is 0 Å². The summed E-state index contributed by atoms with van der Waals surface area (Å²) in [4.78, 5) is 22.7. The van der Waals surface area contributed by atoms with Crippen LogP contribution >= 0.6 is 0 Å². The molecule has 0 heterocycles. The number of hydrogen-bond donors (Lipinski definition) is 3. The fourth-order valence-corrected chi connectivity index (χ4v) is 1.36. The van der Waals surface area contributed by atoms with Crippen LogP contribution in [0.5, 0.6) is 0 Å². The Labute approximate surface area is 118 Å². The van der Waals surface area contributed by atoms with Gasteiger partial charge in [-0.25, -0.2) is 20.4 Å². The van der Waals surface area contributed by atoms with E-state index in [0.29, 0.717) is 13.0 Å². The zero-order chi connectivity index (χ0) is 15.0. The van der Waals surface area contributed by atoms with Crippen molar-refractivity contribution in [1.82, 2.24) is 16.2 Å². The molecular formula is C14H20N3O3. The van der Waals surface area contributed by atoms with Crippen molar-refractivity contribution in [2.24, 2.45) is 0 Å². The van der Waals surface area contributed by atoms with Gasteiger partial charge in [0.25, 0.3) is 0 Å². The predicted octanol–water partition coefficient (Wildman–Crippen LogP) is 1.77. The highest BCUT2D eigenvalue weighted by molar-refractivity contribution is 5.77. The van der Waals surface area contributed by atoms with Gasteiger partial charge in [0, 0.05) is 6.54 Å². The molecule has 0 atom stereocenters. The van der Waals surface area contributed by atoms with E-state index in [0.717, 1.165) is 5.56 Å². The van der Waals surface area contributed by atoms with Crippen LogP contribution in [0.2, 0.25) is 0 Å². The Morgan fingerprint density at radius 3 is 2.45 bits per heavy atom. The van der Waals surface area contributed by atoms with Crippen LogP contribution in [-0.4, -0.2) is 24.3 Å². The van der Waals surface area contributed by atoms with Crippen molar-refractivity contribution in [3.05, 3.63) is 35.9 Å². The molecule has 0 aromatic heterocycles. The van der Waals surface area contributed by atoms with Crippen molar-refractivity contribution in [3.8, 4) is 0 Å². The first-order chi connectivity index (χ1) is 9.37. The van der Waals surface area contributed by atoms with Crippen LogP contribution in [0, 0.1) is 6.07 Å². The zero-order valence-electron chi connectivity index (χ0n) is 11.9. The maximum Gasteiger partial charge on any atom is 0.426 e. The number of carbonyl (C=O) groups excluding carboxylic acids is 2. The maximum atomic E-state index is 11.4.